The van der Waals surface area contributed by atoms with Crippen molar-refractivity contribution >= 4 is 29.2 Å². The first-order valence-corrected chi connectivity index (χ1v) is 5.50. The maximum atomic E-state index is 11.6. The molecule has 0 aliphatic carbocycles. The molecule has 0 saturated heterocycles. The van der Waals surface area contributed by atoms with Gasteiger partial charge in [0.1, 0.15) is 5.75 Å². The number of hydrogen-bond acceptors (Lipinski definition) is 2. The van der Waals surface area contributed by atoms with Crippen LogP contribution >= 0.6 is 12.6 Å². The SMILES string of the molecule is O=C(S)N(c1ccccc1)c1ccc(O)cc1. The number of thiol groups is 1. The van der Waals surface area contributed by atoms with Crippen LogP contribution < -0.4 is 4.90 Å². The van der Waals surface area contributed by atoms with Crippen LogP contribution in [0.1, 0.15) is 0 Å². The van der Waals surface area contributed by atoms with E-state index in [9.17, 15) is 9.90 Å². The van der Waals surface area contributed by atoms with Gasteiger partial charge in [0.2, 0.25) is 0 Å². The minimum atomic E-state index is -0.373. The number of phenolic OH excluding ortho intramolecular Hbond substituents is 1. The molecule has 0 aromatic heterocycles. The first kappa shape index (κ1) is 11.5. The molecule has 2 rings (SSSR count). The van der Waals surface area contributed by atoms with E-state index >= 15 is 0 Å². The summed E-state index contributed by atoms with van der Waals surface area (Å²) in [6.45, 7) is 0. The second kappa shape index (κ2) is 4.93. The van der Waals surface area contributed by atoms with E-state index in [0.29, 0.717) is 5.69 Å². The third kappa shape index (κ3) is 2.60. The summed E-state index contributed by atoms with van der Waals surface area (Å²) in [5.74, 6) is 0.161. The minimum absolute atomic E-state index is 0.161. The Morgan fingerprint density at radius 2 is 1.47 bits per heavy atom. The van der Waals surface area contributed by atoms with Gasteiger partial charge in [0.15, 0.2) is 0 Å². The highest BCUT2D eigenvalue weighted by Gasteiger charge is 2.13. The first-order chi connectivity index (χ1) is 8.18. The predicted molar refractivity (Wildman–Crippen MR) is 71.1 cm³/mol. The number of para-hydroxylation sites is 1. The number of amides is 1. The van der Waals surface area contributed by atoms with Crippen molar-refractivity contribution in [3.63, 3.8) is 0 Å². The molecule has 0 aliphatic rings. The molecule has 0 aliphatic heterocycles. The molecule has 3 nitrogen and oxygen atoms in total. The van der Waals surface area contributed by atoms with Gasteiger partial charge >= 0.3 is 0 Å². The molecule has 0 unspecified atom stereocenters. The molecule has 86 valence electrons. The Kier molecular flexibility index (Phi) is 3.35. The minimum Gasteiger partial charge on any atom is -0.508 e. The third-order valence-corrected chi connectivity index (χ3v) is 2.51. The Morgan fingerprint density at radius 1 is 0.941 bits per heavy atom. The first-order valence-electron chi connectivity index (χ1n) is 5.05. The van der Waals surface area contributed by atoms with Crippen LogP contribution in [0.5, 0.6) is 5.75 Å². The van der Waals surface area contributed by atoms with Gasteiger partial charge in [-0.05, 0) is 36.4 Å². The van der Waals surface area contributed by atoms with Crippen LogP contribution in [0.25, 0.3) is 0 Å². The van der Waals surface area contributed by atoms with E-state index in [4.69, 9.17) is 0 Å². The van der Waals surface area contributed by atoms with Crippen LogP contribution in [0.15, 0.2) is 54.6 Å². The molecule has 0 fully saturated rings. The predicted octanol–water partition coefficient (Wildman–Crippen LogP) is 3.58. The summed E-state index contributed by atoms with van der Waals surface area (Å²) in [6.07, 6.45) is 0. The molecule has 0 heterocycles. The monoisotopic (exact) mass is 245 g/mol. The maximum Gasteiger partial charge on any atom is 0.287 e. The fourth-order valence-corrected chi connectivity index (χ4v) is 1.78. The van der Waals surface area contributed by atoms with Crippen molar-refractivity contribution in [1.29, 1.82) is 0 Å². The van der Waals surface area contributed by atoms with Gasteiger partial charge in [-0.2, -0.15) is 0 Å². The number of carbonyl (C=O) groups excluding carboxylic acids is 1. The Morgan fingerprint density at radius 3 is 2.00 bits per heavy atom. The Labute approximate surface area is 105 Å². The molecule has 2 aromatic carbocycles. The van der Waals surface area contributed by atoms with Crippen LogP contribution in [0.4, 0.5) is 16.2 Å². The van der Waals surface area contributed by atoms with E-state index < -0.39 is 0 Å². The van der Waals surface area contributed by atoms with E-state index in [0.717, 1.165) is 5.69 Å². The van der Waals surface area contributed by atoms with Gasteiger partial charge in [0, 0.05) is 11.4 Å². The smallest absolute Gasteiger partial charge is 0.287 e. The molecular formula is C13H11NO2S. The number of benzene rings is 2. The van der Waals surface area contributed by atoms with Crippen molar-refractivity contribution in [3.8, 4) is 5.75 Å². The van der Waals surface area contributed by atoms with Crippen molar-refractivity contribution in [3.05, 3.63) is 54.6 Å². The van der Waals surface area contributed by atoms with Crippen LogP contribution in [0.2, 0.25) is 0 Å². The number of hydrogen-bond donors (Lipinski definition) is 2. The maximum absolute atomic E-state index is 11.6. The average Bonchev–Trinajstić information content (AvgIpc) is 2.33. The summed E-state index contributed by atoms with van der Waals surface area (Å²) in [6, 6.07) is 15.6. The van der Waals surface area contributed by atoms with E-state index in [1.807, 2.05) is 30.3 Å². The lowest BCUT2D eigenvalue weighted by atomic mass is 10.2. The summed E-state index contributed by atoms with van der Waals surface area (Å²) in [4.78, 5) is 13.0. The molecule has 0 spiro atoms. The van der Waals surface area contributed by atoms with Gasteiger partial charge in [-0.15, -0.1) is 0 Å². The Bertz CT molecular complexity index is 511. The van der Waals surface area contributed by atoms with Gasteiger partial charge in [-0.3, -0.25) is 9.69 Å². The normalized spacial score (nSPS) is 9.94. The highest BCUT2D eigenvalue weighted by Crippen LogP contribution is 2.27. The van der Waals surface area contributed by atoms with Gasteiger partial charge in [-0.25, -0.2) is 0 Å². The van der Waals surface area contributed by atoms with Crippen molar-refractivity contribution in [2.24, 2.45) is 0 Å². The molecule has 0 atom stereocenters. The summed E-state index contributed by atoms with van der Waals surface area (Å²) >= 11 is 3.87. The Hall–Kier alpha value is -1.94. The van der Waals surface area contributed by atoms with Crippen molar-refractivity contribution < 1.29 is 9.90 Å². The largest absolute Gasteiger partial charge is 0.508 e. The zero-order valence-electron chi connectivity index (χ0n) is 8.95. The number of aromatic hydroxyl groups is 1. The molecule has 1 N–H and O–H groups in total. The molecular weight excluding hydrogens is 234 g/mol. The van der Waals surface area contributed by atoms with Crippen molar-refractivity contribution in [2.45, 2.75) is 0 Å². The van der Waals surface area contributed by atoms with Gasteiger partial charge in [-0.1, -0.05) is 30.8 Å². The van der Waals surface area contributed by atoms with Gasteiger partial charge in [0.05, 0.1) is 0 Å². The molecule has 0 radical (unpaired) electrons. The molecule has 1 amide bonds. The fourth-order valence-electron chi connectivity index (χ4n) is 1.55. The van der Waals surface area contributed by atoms with Gasteiger partial charge in [0.25, 0.3) is 5.24 Å². The third-order valence-electron chi connectivity index (χ3n) is 2.31. The quantitative estimate of drug-likeness (QED) is 0.794. The average molecular weight is 245 g/mol. The Balaban J connectivity index is 2.43. The summed E-state index contributed by atoms with van der Waals surface area (Å²) < 4.78 is 0. The van der Waals surface area contributed by atoms with Crippen LogP contribution in [0.3, 0.4) is 0 Å². The summed E-state index contributed by atoms with van der Waals surface area (Å²) in [7, 11) is 0. The molecule has 0 saturated carbocycles. The lowest BCUT2D eigenvalue weighted by molar-refractivity contribution is 0.267. The summed E-state index contributed by atoms with van der Waals surface area (Å²) in [5, 5.41) is 8.85. The molecule has 2 aromatic rings. The molecule has 0 bridgehead atoms. The highest BCUT2D eigenvalue weighted by molar-refractivity contribution is 7.97. The van der Waals surface area contributed by atoms with Gasteiger partial charge < -0.3 is 5.11 Å². The van der Waals surface area contributed by atoms with E-state index in [1.165, 1.54) is 17.0 Å². The van der Waals surface area contributed by atoms with E-state index in [-0.39, 0.29) is 11.0 Å². The van der Waals surface area contributed by atoms with Crippen molar-refractivity contribution in [1.82, 2.24) is 0 Å². The number of anilines is 2. The standard InChI is InChI=1S/C13H11NO2S/c15-12-8-6-11(7-9-12)14(13(16)17)10-4-2-1-3-5-10/h1-9,15H,(H,16,17). The van der Waals surface area contributed by atoms with Crippen LogP contribution in [-0.2, 0) is 0 Å². The van der Waals surface area contributed by atoms with Crippen LogP contribution in [-0.4, -0.2) is 10.3 Å². The number of rotatable bonds is 2. The van der Waals surface area contributed by atoms with E-state index in [2.05, 4.69) is 12.6 Å². The van der Waals surface area contributed by atoms with E-state index in [1.54, 1.807) is 12.1 Å². The fraction of sp³-hybridized carbons (Fsp3) is 0. The number of carbonyl (C=O) groups is 1. The van der Waals surface area contributed by atoms with Crippen LogP contribution in [0, 0.1) is 0 Å². The molecule has 17 heavy (non-hydrogen) atoms. The lowest BCUT2D eigenvalue weighted by Crippen LogP contribution is -2.19. The second-order valence-corrected chi connectivity index (χ2v) is 3.85. The zero-order valence-corrected chi connectivity index (χ0v) is 9.84. The molecule has 4 heteroatoms. The summed E-state index contributed by atoms with van der Waals surface area (Å²) in [5.41, 5.74) is 1.40. The zero-order chi connectivity index (χ0) is 12.3. The topological polar surface area (TPSA) is 40.5 Å². The lowest BCUT2D eigenvalue weighted by Gasteiger charge is -2.20. The highest BCUT2D eigenvalue weighted by atomic mass is 32.1. The van der Waals surface area contributed by atoms with Crippen molar-refractivity contribution in [2.75, 3.05) is 4.90 Å². The second-order valence-electron chi connectivity index (χ2n) is 3.47. The number of phenols is 1. The number of nitrogens with zero attached hydrogens (tertiary/aromatic N) is 1.